The van der Waals surface area contributed by atoms with Crippen LogP contribution < -0.4 is 22.5 Å². The van der Waals surface area contributed by atoms with Crippen LogP contribution in [0.15, 0.2) is 41.3 Å². The predicted octanol–water partition coefficient (Wildman–Crippen LogP) is 1.57. The first-order valence-corrected chi connectivity index (χ1v) is 13.9. The van der Waals surface area contributed by atoms with Gasteiger partial charge in [-0.2, -0.15) is 4.98 Å². The molecule has 0 radical (unpaired) electrons. The van der Waals surface area contributed by atoms with E-state index in [1.165, 1.54) is 23.0 Å². The summed E-state index contributed by atoms with van der Waals surface area (Å²) in [4.78, 5) is 47.8. The quantitative estimate of drug-likeness (QED) is 0.477. The smallest absolute Gasteiger partial charge is 0.338 e. The minimum absolute atomic E-state index is 0. The number of nitrogens with two attached hydrogens (primary N) is 2. The van der Waals surface area contributed by atoms with Gasteiger partial charge in [0.05, 0.1) is 11.2 Å². The molecule has 3 amide bonds. The van der Waals surface area contributed by atoms with Crippen LogP contribution in [-0.4, -0.2) is 92.6 Å². The van der Waals surface area contributed by atoms with Gasteiger partial charge in [-0.15, -0.1) is 12.4 Å². The Labute approximate surface area is 241 Å². The Morgan fingerprint density at radius 2 is 1.60 bits per heavy atom. The number of benzene rings is 1. The van der Waals surface area contributed by atoms with E-state index in [0.717, 1.165) is 38.0 Å². The van der Waals surface area contributed by atoms with Crippen LogP contribution in [0, 0.1) is 0 Å². The number of urea groups is 1. The van der Waals surface area contributed by atoms with Crippen molar-refractivity contribution in [3.8, 4) is 5.69 Å². The molecular formula is C28H41ClN8O3. The van der Waals surface area contributed by atoms with Gasteiger partial charge in [0.15, 0.2) is 0 Å². The van der Waals surface area contributed by atoms with Gasteiger partial charge < -0.3 is 21.3 Å². The van der Waals surface area contributed by atoms with Crippen molar-refractivity contribution in [3.63, 3.8) is 0 Å². The number of anilines is 1. The van der Waals surface area contributed by atoms with Crippen LogP contribution >= 0.6 is 12.4 Å². The van der Waals surface area contributed by atoms with Gasteiger partial charge in [0.1, 0.15) is 5.82 Å². The highest BCUT2D eigenvalue weighted by Crippen LogP contribution is 2.45. The Morgan fingerprint density at radius 1 is 1.00 bits per heavy atom. The fourth-order valence-corrected chi connectivity index (χ4v) is 5.66. The fourth-order valence-electron chi connectivity index (χ4n) is 5.66. The Balaban J connectivity index is 0.00000370. The molecule has 0 unspecified atom stereocenters. The molecular weight excluding hydrogens is 532 g/mol. The molecule has 0 spiro atoms. The van der Waals surface area contributed by atoms with Crippen LogP contribution in [0.2, 0.25) is 0 Å². The van der Waals surface area contributed by atoms with E-state index in [2.05, 4.69) is 27.3 Å². The second-order valence-electron chi connectivity index (χ2n) is 11.8. The Bertz CT molecular complexity index is 1260. The Morgan fingerprint density at radius 3 is 2.15 bits per heavy atom. The molecule has 3 fully saturated rings. The predicted molar refractivity (Wildman–Crippen MR) is 157 cm³/mol. The molecule has 0 bridgehead atoms. The standard InChI is InChI=1S/C28H40N8O3.ClH/c1-27(2,30)24(37)33-15-17-34(18-16-33)25(38)31-23-9-14-36(26(39)32-23)22-5-3-20(4-6-22)19-28(10-11-28)35-12-7-21(29)8-13-35;/h3-6,9,14,21H,7-8,10-13,15-19,29-30H2,1-2H3,(H,31,32,38,39);1H. The van der Waals surface area contributed by atoms with Crippen LogP contribution in [0.25, 0.3) is 5.69 Å². The summed E-state index contributed by atoms with van der Waals surface area (Å²) in [5, 5.41) is 2.70. The number of piperidine rings is 1. The zero-order valence-corrected chi connectivity index (χ0v) is 24.2. The van der Waals surface area contributed by atoms with E-state index in [1.807, 2.05) is 12.1 Å². The number of halogens is 1. The van der Waals surface area contributed by atoms with Crippen molar-refractivity contribution in [2.24, 2.45) is 11.5 Å². The molecule has 40 heavy (non-hydrogen) atoms. The number of nitrogens with zero attached hydrogens (tertiary/aromatic N) is 5. The Kier molecular flexibility index (Phi) is 8.89. The van der Waals surface area contributed by atoms with Gasteiger partial charge in [0.2, 0.25) is 5.91 Å². The van der Waals surface area contributed by atoms with Gasteiger partial charge in [-0.25, -0.2) is 9.59 Å². The molecule has 1 saturated carbocycles. The number of carbonyl (C=O) groups excluding carboxylic acids is 2. The Hall–Kier alpha value is -2.99. The summed E-state index contributed by atoms with van der Waals surface area (Å²) < 4.78 is 1.47. The lowest BCUT2D eigenvalue weighted by Crippen LogP contribution is -2.58. The third-order valence-electron chi connectivity index (χ3n) is 8.23. The summed E-state index contributed by atoms with van der Waals surface area (Å²) >= 11 is 0. The van der Waals surface area contributed by atoms with Gasteiger partial charge in [-0.05, 0) is 69.7 Å². The third kappa shape index (κ3) is 6.65. The maximum Gasteiger partial charge on any atom is 0.354 e. The minimum atomic E-state index is -0.944. The van der Waals surface area contributed by atoms with E-state index in [0.29, 0.717) is 32.2 Å². The molecule has 3 heterocycles. The molecule has 2 aliphatic heterocycles. The van der Waals surface area contributed by atoms with Crippen molar-refractivity contribution < 1.29 is 9.59 Å². The highest BCUT2D eigenvalue weighted by atomic mass is 35.5. The second-order valence-corrected chi connectivity index (χ2v) is 11.8. The molecule has 2 saturated heterocycles. The summed E-state index contributed by atoms with van der Waals surface area (Å²) in [5.41, 5.74) is 12.8. The largest absolute Gasteiger partial charge is 0.354 e. The molecule has 2 aromatic rings. The molecule has 3 aliphatic rings. The first kappa shape index (κ1) is 30.0. The number of rotatable bonds is 6. The molecule has 218 valence electrons. The first-order chi connectivity index (χ1) is 18.5. The van der Waals surface area contributed by atoms with E-state index in [9.17, 15) is 14.4 Å². The van der Waals surface area contributed by atoms with E-state index in [4.69, 9.17) is 11.5 Å². The van der Waals surface area contributed by atoms with Crippen molar-refractivity contribution in [1.29, 1.82) is 0 Å². The lowest BCUT2D eigenvalue weighted by Gasteiger charge is -2.37. The molecule has 0 atom stereocenters. The van der Waals surface area contributed by atoms with Crippen LogP contribution in [0.5, 0.6) is 0 Å². The summed E-state index contributed by atoms with van der Waals surface area (Å²) in [6, 6.07) is 9.66. The molecule has 1 aromatic heterocycles. The number of aromatic nitrogens is 2. The minimum Gasteiger partial charge on any atom is -0.338 e. The van der Waals surface area contributed by atoms with E-state index in [1.54, 1.807) is 35.9 Å². The number of hydrogen-bond donors (Lipinski definition) is 3. The average molecular weight is 573 g/mol. The van der Waals surface area contributed by atoms with Crippen molar-refractivity contribution >= 4 is 30.2 Å². The van der Waals surface area contributed by atoms with Crippen molar-refractivity contribution in [3.05, 3.63) is 52.6 Å². The maximum atomic E-state index is 12.8. The molecule has 11 nitrogen and oxygen atoms in total. The first-order valence-electron chi connectivity index (χ1n) is 13.9. The SMILES string of the molecule is CC(C)(N)C(=O)N1CCN(C(=O)Nc2ccn(-c3ccc(CC4(N5CCC(N)CC5)CC4)cc3)c(=O)n2)CC1.Cl. The van der Waals surface area contributed by atoms with Crippen LogP contribution in [-0.2, 0) is 11.2 Å². The van der Waals surface area contributed by atoms with Crippen molar-refractivity contribution in [2.75, 3.05) is 44.6 Å². The zero-order valence-electron chi connectivity index (χ0n) is 23.3. The average Bonchev–Trinajstić information content (AvgIpc) is 3.69. The van der Waals surface area contributed by atoms with E-state index >= 15 is 0 Å². The van der Waals surface area contributed by atoms with Gasteiger partial charge >= 0.3 is 11.7 Å². The second kappa shape index (κ2) is 11.9. The van der Waals surface area contributed by atoms with Gasteiger partial charge in [0.25, 0.3) is 0 Å². The summed E-state index contributed by atoms with van der Waals surface area (Å²) in [7, 11) is 0. The molecule has 1 aromatic carbocycles. The topological polar surface area (TPSA) is 143 Å². The lowest BCUT2D eigenvalue weighted by atomic mass is 9.98. The molecule has 12 heteroatoms. The lowest BCUT2D eigenvalue weighted by molar-refractivity contribution is -0.137. The van der Waals surface area contributed by atoms with Gasteiger partial charge in [0, 0.05) is 57.0 Å². The summed E-state index contributed by atoms with van der Waals surface area (Å²) in [5.74, 6) is 0.0523. The fraction of sp³-hybridized carbons (Fsp3) is 0.571. The molecule has 5 rings (SSSR count). The normalized spacial score (nSPS) is 19.6. The van der Waals surface area contributed by atoms with Crippen LogP contribution in [0.1, 0.15) is 45.1 Å². The number of piperazine rings is 1. The highest BCUT2D eigenvalue weighted by molar-refractivity contribution is 5.89. The van der Waals surface area contributed by atoms with Crippen molar-refractivity contribution in [1.82, 2.24) is 24.3 Å². The number of hydrogen-bond acceptors (Lipinski definition) is 7. The number of likely N-dealkylation sites (tertiary alicyclic amines) is 1. The van der Waals surface area contributed by atoms with Gasteiger partial charge in [-0.3, -0.25) is 19.6 Å². The molecule has 5 N–H and O–H groups in total. The zero-order chi connectivity index (χ0) is 27.8. The number of amides is 3. The van der Waals surface area contributed by atoms with Gasteiger partial charge in [-0.1, -0.05) is 12.1 Å². The monoisotopic (exact) mass is 572 g/mol. The van der Waals surface area contributed by atoms with Crippen LogP contribution in [0.4, 0.5) is 10.6 Å². The number of nitrogens with one attached hydrogen (secondary N) is 1. The third-order valence-corrected chi connectivity index (χ3v) is 8.23. The molecule has 1 aliphatic carbocycles. The number of carbonyl (C=O) groups is 2. The highest BCUT2D eigenvalue weighted by Gasteiger charge is 2.48. The maximum absolute atomic E-state index is 12.8. The van der Waals surface area contributed by atoms with E-state index in [-0.39, 0.29) is 35.7 Å². The summed E-state index contributed by atoms with van der Waals surface area (Å²) in [6.07, 6.45) is 7.21. The van der Waals surface area contributed by atoms with E-state index < -0.39 is 11.2 Å². The van der Waals surface area contributed by atoms with Crippen LogP contribution in [0.3, 0.4) is 0 Å². The summed E-state index contributed by atoms with van der Waals surface area (Å²) in [6.45, 7) is 7.07. The van der Waals surface area contributed by atoms with Crippen molar-refractivity contribution in [2.45, 2.75) is 63.1 Å².